The van der Waals surface area contributed by atoms with Crippen molar-refractivity contribution in [3.05, 3.63) is 36.5 Å². The fourth-order valence-corrected chi connectivity index (χ4v) is 1.30. The lowest BCUT2D eigenvalue weighted by Gasteiger charge is -2.13. The molecule has 0 saturated carbocycles. The van der Waals surface area contributed by atoms with Gasteiger partial charge in [0, 0.05) is 29.7 Å². The van der Waals surface area contributed by atoms with Crippen LogP contribution in [0.25, 0.3) is 0 Å². The summed E-state index contributed by atoms with van der Waals surface area (Å²) in [6, 6.07) is 0. The van der Waals surface area contributed by atoms with E-state index in [0.29, 0.717) is 29.7 Å². The van der Waals surface area contributed by atoms with E-state index in [-0.39, 0.29) is 12.7 Å². The van der Waals surface area contributed by atoms with Gasteiger partial charge in [0.1, 0.15) is 6.10 Å². The highest BCUT2D eigenvalue weighted by Crippen LogP contribution is 2.03. The summed E-state index contributed by atoms with van der Waals surface area (Å²) in [6.07, 6.45) is -0.329. The van der Waals surface area contributed by atoms with Crippen LogP contribution < -0.4 is 0 Å². The largest absolute Gasteiger partial charge is 0.462 e. The standard InChI is InChI=1S/C12H18O4.C8H14O3/c1-8(2)11(13)15-7-6-10(5)16-12(14)9(3)4;1-5-10-7(4)11-8(9)6(2)3/h10H,1,3,6-7H2,2,4-5H3;7H,2,5H2,1,3-4H3. The van der Waals surface area contributed by atoms with E-state index in [9.17, 15) is 14.4 Å². The second-order valence-corrected chi connectivity index (χ2v) is 5.91. The van der Waals surface area contributed by atoms with Crippen LogP contribution in [-0.2, 0) is 33.3 Å². The maximum absolute atomic E-state index is 11.1. The molecule has 2 atom stereocenters. The van der Waals surface area contributed by atoms with E-state index >= 15 is 0 Å². The Morgan fingerprint density at radius 3 is 1.67 bits per heavy atom. The normalized spacial score (nSPS) is 11.8. The molecule has 0 amide bonds. The summed E-state index contributed by atoms with van der Waals surface area (Å²) in [7, 11) is 0. The molecule has 7 heteroatoms. The van der Waals surface area contributed by atoms with E-state index in [2.05, 4.69) is 19.7 Å². The molecule has 0 aromatic carbocycles. The fraction of sp³-hybridized carbons (Fsp3) is 0.550. The van der Waals surface area contributed by atoms with Crippen LogP contribution in [0.4, 0.5) is 0 Å². The molecule has 0 N–H and O–H groups in total. The molecule has 0 rings (SSSR count). The zero-order chi connectivity index (χ0) is 21.6. The van der Waals surface area contributed by atoms with E-state index < -0.39 is 24.2 Å². The molecule has 27 heavy (non-hydrogen) atoms. The molecule has 2 unspecified atom stereocenters. The number of rotatable bonds is 10. The van der Waals surface area contributed by atoms with Gasteiger partial charge in [0.25, 0.3) is 0 Å². The highest BCUT2D eigenvalue weighted by molar-refractivity contribution is 5.87. The molecule has 0 fully saturated rings. The lowest BCUT2D eigenvalue weighted by atomic mass is 10.3. The second kappa shape index (κ2) is 14.7. The van der Waals surface area contributed by atoms with E-state index in [1.54, 1.807) is 34.6 Å². The molecule has 0 saturated heterocycles. The zero-order valence-corrected chi connectivity index (χ0v) is 17.3. The van der Waals surface area contributed by atoms with Crippen molar-refractivity contribution in [1.29, 1.82) is 0 Å². The number of hydrogen-bond acceptors (Lipinski definition) is 7. The molecular formula is C20H32O7. The van der Waals surface area contributed by atoms with Crippen LogP contribution >= 0.6 is 0 Å². The van der Waals surface area contributed by atoms with Gasteiger partial charge in [-0.25, -0.2) is 14.4 Å². The predicted octanol–water partition coefficient (Wildman–Crippen LogP) is 3.49. The first-order chi connectivity index (χ1) is 12.4. The van der Waals surface area contributed by atoms with Crippen LogP contribution in [0.15, 0.2) is 36.5 Å². The van der Waals surface area contributed by atoms with Gasteiger partial charge in [-0.2, -0.15) is 0 Å². The Labute approximate surface area is 162 Å². The van der Waals surface area contributed by atoms with Crippen LogP contribution in [0.5, 0.6) is 0 Å². The Hall–Kier alpha value is -2.41. The van der Waals surface area contributed by atoms with Crippen LogP contribution in [0, 0.1) is 0 Å². The van der Waals surface area contributed by atoms with E-state index in [1.807, 2.05) is 6.92 Å². The summed E-state index contributed by atoms with van der Waals surface area (Å²) < 4.78 is 19.6. The van der Waals surface area contributed by atoms with Crippen molar-refractivity contribution in [2.45, 2.75) is 60.4 Å². The van der Waals surface area contributed by atoms with Gasteiger partial charge in [-0.3, -0.25) is 0 Å². The molecule has 154 valence electrons. The van der Waals surface area contributed by atoms with Crippen molar-refractivity contribution in [3.63, 3.8) is 0 Å². The highest BCUT2D eigenvalue weighted by atomic mass is 16.7. The fourth-order valence-electron chi connectivity index (χ4n) is 1.30. The van der Waals surface area contributed by atoms with Crippen LogP contribution in [0.1, 0.15) is 48.0 Å². The number of ether oxygens (including phenoxy) is 4. The molecule has 0 spiro atoms. The predicted molar refractivity (Wildman–Crippen MR) is 103 cm³/mol. The minimum absolute atomic E-state index is 0.205. The van der Waals surface area contributed by atoms with Crippen molar-refractivity contribution in [1.82, 2.24) is 0 Å². The molecule has 0 aliphatic carbocycles. The third-order valence-electron chi connectivity index (χ3n) is 2.79. The van der Waals surface area contributed by atoms with Crippen molar-refractivity contribution < 1.29 is 33.3 Å². The van der Waals surface area contributed by atoms with Crippen LogP contribution in [0.2, 0.25) is 0 Å². The third kappa shape index (κ3) is 15.6. The SMILES string of the molecule is C=C(C)C(=O)OC(C)OCC.C=C(C)C(=O)OCCC(C)OC(=O)C(=C)C. The van der Waals surface area contributed by atoms with Crippen LogP contribution in [-0.4, -0.2) is 43.5 Å². The van der Waals surface area contributed by atoms with E-state index in [1.165, 1.54) is 0 Å². The molecule has 0 heterocycles. The topological polar surface area (TPSA) is 88.1 Å². The first-order valence-electron chi connectivity index (χ1n) is 8.59. The van der Waals surface area contributed by atoms with Gasteiger partial charge in [0.2, 0.25) is 0 Å². The lowest BCUT2D eigenvalue weighted by Crippen LogP contribution is -2.18. The van der Waals surface area contributed by atoms with Gasteiger partial charge in [-0.05, 0) is 41.5 Å². The summed E-state index contributed by atoms with van der Waals surface area (Å²) in [4.78, 5) is 33.0. The maximum atomic E-state index is 11.1. The Balaban J connectivity index is 0. The molecule has 0 aromatic rings. The minimum atomic E-state index is -0.482. The summed E-state index contributed by atoms with van der Waals surface area (Å²) in [5.74, 6) is -1.27. The number of esters is 3. The number of hydrogen-bond donors (Lipinski definition) is 0. The van der Waals surface area contributed by atoms with E-state index in [4.69, 9.17) is 18.9 Å². The van der Waals surface area contributed by atoms with Crippen molar-refractivity contribution in [3.8, 4) is 0 Å². The Kier molecular flexibility index (Phi) is 14.6. The monoisotopic (exact) mass is 384 g/mol. The molecule has 7 nitrogen and oxygen atoms in total. The van der Waals surface area contributed by atoms with Crippen molar-refractivity contribution >= 4 is 17.9 Å². The average molecular weight is 384 g/mol. The zero-order valence-electron chi connectivity index (χ0n) is 17.3. The molecule has 0 aromatic heterocycles. The molecule has 0 radical (unpaired) electrons. The maximum Gasteiger partial charge on any atom is 0.335 e. The summed E-state index contributed by atoms with van der Waals surface area (Å²) in [5.41, 5.74) is 1.09. The van der Waals surface area contributed by atoms with Crippen molar-refractivity contribution in [2.24, 2.45) is 0 Å². The first kappa shape index (κ1) is 26.8. The Morgan fingerprint density at radius 2 is 1.26 bits per heavy atom. The van der Waals surface area contributed by atoms with Crippen molar-refractivity contribution in [2.75, 3.05) is 13.2 Å². The molecular weight excluding hydrogens is 352 g/mol. The Morgan fingerprint density at radius 1 is 0.815 bits per heavy atom. The van der Waals surface area contributed by atoms with Gasteiger partial charge in [0.05, 0.1) is 6.61 Å². The smallest absolute Gasteiger partial charge is 0.335 e. The number of carbonyl (C=O) groups is 3. The van der Waals surface area contributed by atoms with Gasteiger partial charge in [-0.15, -0.1) is 0 Å². The molecule has 0 bridgehead atoms. The number of carbonyl (C=O) groups excluding carboxylic acids is 3. The highest BCUT2D eigenvalue weighted by Gasteiger charge is 2.11. The first-order valence-corrected chi connectivity index (χ1v) is 8.59. The van der Waals surface area contributed by atoms with E-state index in [0.717, 1.165) is 0 Å². The minimum Gasteiger partial charge on any atom is -0.462 e. The summed E-state index contributed by atoms with van der Waals surface area (Å²) in [5, 5.41) is 0. The van der Waals surface area contributed by atoms with Gasteiger partial charge in [-0.1, -0.05) is 19.7 Å². The van der Waals surface area contributed by atoms with Gasteiger partial charge in [0.15, 0.2) is 6.29 Å². The van der Waals surface area contributed by atoms with Crippen LogP contribution in [0.3, 0.4) is 0 Å². The Bertz CT molecular complexity index is 549. The summed E-state index contributed by atoms with van der Waals surface area (Å²) >= 11 is 0. The van der Waals surface area contributed by atoms with Gasteiger partial charge < -0.3 is 18.9 Å². The summed E-state index contributed by atoms with van der Waals surface area (Å²) in [6.45, 7) is 21.1. The second-order valence-electron chi connectivity index (χ2n) is 5.91. The lowest BCUT2D eigenvalue weighted by molar-refractivity contribution is -0.169. The van der Waals surface area contributed by atoms with Gasteiger partial charge >= 0.3 is 17.9 Å². The molecule has 0 aliphatic heterocycles. The average Bonchev–Trinajstić information content (AvgIpc) is 2.54. The third-order valence-corrected chi connectivity index (χ3v) is 2.79. The molecule has 0 aliphatic rings. The quantitative estimate of drug-likeness (QED) is 0.246.